The maximum Gasteiger partial charge on any atom is 0.254 e. The summed E-state index contributed by atoms with van der Waals surface area (Å²) in [6.07, 6.45) is 3.64. The van der Waals surface area contributed by atoms with Crippen molar-refractivity contribution in [2.45, 2.75) is 25.7 Å². The van der Waals surface area contributed by atoms with Crippen LogP contribution in [0.3, 0.4) is 0 Å². The summed E-state index contributed by atoms with van der Waals surface area (Å²) in [5.74, 6) is -2.40. The van der Waals surface area contributed by atoms with Gasteiger partial charge in [-0.3, -0.25) is 4.79 Å². The lowest BCUT2D eigenvalue weighted by atomic mass is 9.87. The van der Waals surface area contributed by atoms with E-state index in [1.807, 2.05) is 0 Å². The molecule has 110 valence electrons. The van der Waals surface area contributed by atoms with E-state index in [0.717, 1.165) is 37.8 Å². The second-order valence-corrected chi connectivity index (χ2v) is 5.70. The minimum Gasteiger partial charge on any atom is -0.396 e. The van der Waals surface area contributed by atoms with E-state index in [1.165, 1.54) is 0 Å². The van der Waals surface area contributed by atoms with Crippen LogP contribution >= 0.6 is 11.6 Å². The van der Waals surface area contributed by atoms with Crippen molar-refractivity contribution in [1.29, 1.82) is 0 Å². The highest BCUT2D eigenvalue weighted by Gasteiger charge is 2.33. The van der Waals surface area contributed by atoms with Crippen LogP contribution in [0.4, 0.5) is 8.78 Å². The topological polar surface area (TPSA) is 49.3 Å². The minimum absolute atomic E-state index is 0.0231. The summed E-state index contributed by atoms with van der Waals surface area (Å²) in [7, 11) is 0. The molecule has 2 N–H and O–H groups in total. The van der Waals surface area contributed by atoms with Crippen LogP contribution < -0.4 is 5.32 Å². The van der Waals surface area contributed by atoms with Crippen LogP contribution in [-0.4, -0.2) is 24.2 Å². The van der Waals surface area contributed by atoms with Crippen LogP contribution in [0.15, 0.2) is 12.1 Å². The summed E-state index contributed by atoms with van der Waals surface area (Å²) >= 11 is 5.44. The molecule has 3 nitrogen and oxygen atoms in total. The highest BCUT2D eigenvalue weighted by Crippen LogP contribution is 2.37. The number of hydrogen-bond acceptors (Lipinski definition) is 2. The van der Waals surface area contributed by atoms with Crippen molar-refractivity contribution in [3.8, 4) is 0 Å². The molecule has 1 saturated carbocycles. The Morgan fingerprint density at radius 1 is 1.30 bits per heavy atom. The minimum atomic E-state index is -0.863. The van der Waals surface area contributed by atoms with E-state index < -0.39 is 17.5 Å². The predicted octanol–water partition coefficient (Wildman–Crippen LogP) is 2.90. The fourth-order valence-corrected chi connectivity index (χ4v) is 2.73. The standard InChI is InChI=1S/C14H16ClF2NO2/c15-10-6-11(16)9(5-12(10)17)13(20)18-7-14(8-19)3-1-2-4-14/h5-6,19H,1-4,7-8H2,(H,18,20). The van der Waals surface area contributed by atoms with Crippen LogP contribution in [0.1, 0.15) is 36.0 Å². The third kappa shape index (κ3) is 3.10. The van der Waals surface area contributed by atoms with Gasteiger partial charge in [-0.15, -0.1) is 0 Å². The van der Waals surface area contributed by atoms with E-state index in [1.54, 1.807) is 0 Å². The molecule has 0 aliphatic heterocycles. The van der Waals surface area contributed by atoms with Gasteiger partial charge in [-0.1, -0.05) is 24.4 Å². The molecule has 1 fully saturated rings. The quantitative estimate of drug-likeness (QED) is 0.840. The van der Waals surface area contributed by atoms with E-state index in [-0.39, 0.29) is 29.2 Å². The summed E-state index contributed by atoms with van der Waals surface area (Å²) in [6, 6.07) is 1.57. The van der Waals surface area contributed by atoms with Crippen LogP contribution in [0.2, 0.25) is 5.02 Å². The Bertz CT molecular complexity index is 516. The van der Waals surface area contributed by atoms with Gasteiger partial charge in [-0.2, -0.15) is 0 Å². The van der Waals surface area contributed by atoms with Gasteiger partial charge in [0.2, 0.25) is 0 Å². The van der Waals surface area contributed by atoms with E-state index in [9.17, 15) is 18.7 Å². The summed E-state index contributed by atoms with van der Waals surface area (Å²) in [5.41, 5.74) is -0.713. The molecular weight excluding hydrogens is 288 g/mol. The Labute approximate surface area is 120 Å². The maximum absolute atomic E-state index is 13.6. The molecule has 1 amide bonds. The molecule has 0 spiro atoms. The lowest BCUT2D eigenvalue weighted by Crippen LogP contribution is -2.38. The van der Waals surface area contributed by atoms with E-state index in [4.69, 9.17) is 11.6 Å². The van der Waals surface area contributed by atoms with Crippen molar-refractivity contribution in [1.82, 2.24) is 5.32 Å². The van der Waals surface area contributed by atoms with Gasteiger partial charge in [0.05, 0.1) is 17.2 Å². The van der Waals surface area contributed by atoms with Gasteiger partial charge in [-0.25, -0.2) is 8.78 Å². The highest BCUT2D eigenvalue weighted by molar-refractivity contribution is 6.30. The van der Waals surface area contributed by atoms with Crippen molar-refractivity contribution >= 4 is 17.5 Å². The largest absolute Gasteiger partial charge is 0.396 e. The molecule has 6 heteroatoms. The number of carbonyl (C=O) groups excluding carboxylic acids is 1. The van der Waals surface area contributed by atoms with Gasteiger partial charge >= 0.3 is 0 Å². The number of benzene rings is 1. The fourth-order valence-electron chi connectivity index (χ4n) is 2.58. The molecule has 1 aliphatic carbocycles. The maximum atomic E-state index is 13.6. The van der Waals surface area contributed by atoms with Gasteiger partial charge < -0.3 is 10.4 Å². The zero-order valence-corrected chi connectivity index (χ0v) is 11.6. The molecule has 2 rings (SSSR count). The second kappa shape index (κ2) is 6.06. The van der Waals surface area contributed by atoms with Crippen LogP contribution in [0.25, 0.3) is 0 Å². The molecule has 0 aromatic heterocycles. The SMILES string of the molecule is O=C(NCC1(CO)CCCC1)c1cc(F)c(Cl)cc1F. The number of nitrogens with one attached hydrogen (secondary N) is 1. The molecule has 0 bridgehead atoms. The molecule has 20 heavy (non-hydrogen) atoms. The molecule has 0 saturated heterocycles. The van der Waals surface area contributed by atoms with Gasteiger partial charge in [-0.05, 0) is 25.0 Å². The number of amides is 1. The normalized spacial score (nSPS) is 17.2. The van der Waals surface area contributed by atoms with Crippen LogP contribution in [-0.2, 0) is 0 Å². The molecule has 1 aliphatic rings. The first-order valence-electron chi connectivity index (χ1n) is 6.51. The lowest BCUT2D eigenvalue weighted by molar-refractivity contribution is 0.0876. The van der Waals surface area contributed by atoms with E-state index in [2.05, 4.69) is 5.32 Å². The summed E-state index contributed by atoms with van der Waals surface area (Å²) in [4.78, 5) is 11.9. The van der Waals surface area contributed by atoms with Crippen molar-refractivity contribution < 1.29 is 18.7 Å². The Kier molecular flexibility index (Phi) is 4.60. The lowest BCUT2D eigenvalue weighted by Gasteiger charge is -2.26. The van der Waals surface area contributed by atoms with Crippen LogP contribution in [0.5, 0.6) is 0 Å². The molecule has 1 aromatic rings. The number of hydrogen-bond donors (Lipinski definition) is 2. The Morgan fingerprint density at radius 3 is 2.55 bits per heavy atom. The molecule has 1 aromatic carbocycles. The third-order valence-corrected chi connectivity index (χ3v) is 4.17. The molecular formula is C14H16ClF2NO2. The molecule has 0 atom stereocenters. The monoisotopic (exact) mass is 303 g/mol. The van der Waals surface area contributed by atoms with E-state index in [0.29, 0.717) is 0 Å². The Morgan fingerprint density at radius 2 is 1.95 bits per heavy atom. The molecule has 0 radical (unpaired) electrons. The zero-order chi connectivity index (χ0) is 14.8. The van der Waals surface area contributed by atoms with Gasteiger partial charge in [0.1, 0.15) is 11.6 Å². The fraction of sp³-hybridized carbons (Fsp3) is 0.500. The first-order valence-corrected chi connectivity index (χ1v) is 6.89. The number of rotatable bonds is 4. The van der Waals surface area contributed by atoms with Gasteiger partial charge in [0.15, 0.2) is 0 Å². The predicted molar refractivity (Wildman–Crippen MR) is 71.7 cm³/mol. The van der Waals surface area contributed by atoms with Crippen molar-refractivity contribution in [2.24, 2.45) is 5.41 Å². The summed E-state index contributed by atoms with van der Waals surface area (Å²) < 4.78 is 26.9. The number of aliphatic hydroxyl groups is 1. The second-order valence-electron chi connectivity index (χ2n) is 5.29. The average Bonchev–Trinajstić information content (AvgIpc) is 2.90. The number of halogens is 3. The summed E-state index contributed by atoms with van der Waals surface area (Å²) in [6.45, 7) is 0.233. The van der Waals surface area contributed by atoms with Gasteiger partial charge in [0.25, 0.3) is 5.91 Å². The highest BCUT2D eigenvalue weighted by atomic mass is 35.5. The first kappa shape index (κ1) is 15.2. The Balaban J connectivity index is 2.07. The van der Waals surface area contributed by atoms with Crippen molar-refractivity contribution in [2.75, 3.05) is 13.2 Å². The Hall–Kier alpha value is -1.20. The zero-order valence-electron chi connectivity index (χ0n) is 10.9. The number of aliphatic hydroxyl groups excluding tert-OH is 1. The van der Waals surface area contributed by atoms with Crippen LogP contribution in [0, 0.1) is 17.0 Å². The summed E-state index contributed by atoms with van der Waals surface area (Å²) in [5, 5.41) is 11.6. The molecule has 0 unspecified atom stereocenters. The number of carbonyl (C=O) groups is 1. The average molecular weight is 304 g/mol. The molecule has 0 heterocycles. The van der Waals surface area contributed by atoms with E-state index >= 15 is 0 Å². The van der Waals surface area contributed by atoms with Gasteiger partial charge in [0, 0.05) is 12.0 Å². The van der Waals surface area contributed by atoms with Crippen molar-refractivity contribution in [3.05, 3.63) is 34.4 Å². The first-order chi connectivity index (χ1) is 9.47. The smallest absolute Gasteiger partial charge is 0.254 e. The third-order valence-electron chi connectivity index (χ3n) is 3.88. The van der Waals surface area contributed by atoms with Crippen molar-refractivity contribution in [3.63, 3.8) is 0 Å².